The van der Waals surface area contributed by atoms with E-state index >= 15 is 0 Å². The van der Waals surface area contributed by atoms with Crippen LogP contribution in [0.2, 0.25) is 0 Å². The molecule has 168 valence electrons. The zero-order valence-corrected chi connectivity index (χ0v) is 18.3. The topological polar surface area (TPSA) is 80.4 Å². The average Bonchev–Trinajstić information content (AvgIpc) is 2.95. The molecule has 0 saturated heterocycles. The molecule has 1 heterocycles. The number of halogens is 3. The van der Waals surface area contributed by atoms with E-state index in [1.54, 1.807) is 19.9 Å². The monoisotopic (exact) mass is 456 g/mol. The Balaban J connectivity index is 1.81. The molecule has 0 fully saturated rings. The van der Waals surface area contributed by atoms with Gasteiger partial charge in [-0.05, 0) is 62.1 Å². The van der Waals surface area contributed by atoms with E-state index in [0.717, 1.165) is 11.3 Å². The van der Waals surface area contributed by atoms with Crippen molar-refractivity contribution in [2.75, 3.05) is 13.7 Å². The molecule has 10 heteroatoms. The predicted molar refractivity (Wildman–Crippen MR) is 111 cm³/mol. The first-order chi connectivity index (χ1) is 14.4. The van der Waals surface area contributed by atoms with Crippen LogP contribution in [0, 0.1) is 20.8 Å². The lowest BCUT2D eigenvalue weighted by Gasteiger charge is -2.13. The summed E-state index contributed by atoms with van der Waals surface area (Å²) in [7, 11) is -2.34. The summed E-state index contributed by atoms with van der Waals surface area (Å²) in [6, 6.07) is 7.24. The van der Waals surface area contributed by atoms with Crippen molar-refractivity contribution in [1.29, 1.82) is 0 Å². The van der Waals surface area contributed by atoms with Gasteiger partial charge in [0.2, 0.25) is 10.0 Å². The molecular weight excluding hydrogens is 433 g/mol. The van der Waals surface area contributed by atoms with Crippen molar-refractivity contribution in [2.45, 2.75) is 38.4 Å². The molecule has 1 aromatic heterocycles. The van der Waals surface area contributed by atoms with Crippen molar-refractivity contribution >= 4 is 20.9 Å². The fraction of sp³-hybridized carbons (Fsp3) is 0.333. The van der Waals surface area contributed by atoms with E-state index in [4.69, 9.17) is 4.74 Å². The van der Waals surface area contributed by atoms with E-state index in [0.29, 0.717) is 27.8 Å². The van der Waals surface area contributed by atoms with Gasteiger partial charge in [-0.15, -0.1) is 13.2 Å². The molecule has 31 heavy (non-hydrogen) atoms. The number of nitrogens with one attached hydrogen (secondary N) is 2. The molecule has 0 aliphatic carbocycles. The Morgan fingerprint density at radius 2 is 1.77 bits per heavy atom. The Bertz CT molecular complexity index is 1220. The summed E-state index contributed by atoms with van der Waals surface area (Å²) in [6.07, 6.45) is -4.51. The fourth-order valence-electron chi connectivity index (χ4n) is 3.59. The van der Waals surface area contributed by atoms with E-state index in [-0.39, 0.29) is 23.6 Å². The van der Waals surface area contributed by atoms with Crippen LogP contribution >= 0.6 is 0 Å². The number of aryl methyl sites for hydroxylation is 3. The number of aromatic amines is 1. The molecule has 0 aliphatic heterocycles. The van der Waals surface area contributed by atoms with Gasteiger partial charge in [-0.2, -0.15) is 0 Å². The summed E-state index contributed by atoms with van der Waals surface area (Å²) in [6.45, 7) is 5.37. The number of hydrogen-bond donors (Lipinski definition) is 2. The predicted octanol–water partition coefficient (Wildman–Crippen LogP) is 4.52. The summed E-state index contributed by atoms with van der Waals surface area (Å²) in [5, 5.41) is 0.548. The number of sulfonamides is 1. The second kappa shape index (κ2) is 8.43. The van der Waals surface area contributed by atoms with Gasteiger partial charge in [0.05, 0.1) is 12.0 Å². The third-order valence-electron chi connectivity index (χ3n) is 4.97. The highest BCUT2D eigenvalue weighted by Crippen LogP contribution is 2.30. The summed E-state index contributed by atoms with van der Waals surface area (Å²) in [4.78, 5) is 3.21. The Kier molecular flexibility index (Phi) is 6.24. The number of benzene rings is 2. The number of H-pyrrole nitrogens is 1. The van der Waals surface area contributed by atoms with Gasteiger partial charge in [0.1, 0.15) is 11.5 Å². The van der Waals surface area contributed by atoms with Crippen molar-refractivity contribution < 1.29 is 31.1 Å². The second-order valence-corrected chi connectivity index (χ2v) is 8.95. The first-order valence-corrected chi connectivity index (χ1v) is 10.9. The maximum absolute atomic E-state index is 12.8. The summed E-state index contributed by atoms with van der Waals surface area (Å²) < 4.78 is 75.0. The van der Waals surface area contributed by atoms with Crippen molar-refractivity contribution in [3.05, 3.63) is 52.7 Å². The van der Waals surface area contributed by atoms with Gasteiger partial charge in [-0.3, -0.25) is 0 Å². The molecule has 0 atom stereocenters. The Hall–Kier alpha value is -2.72. The molecule has 2 aromatic carbocycles. The summed E-state index contributed by atoms with van der Waals surface area (Å²) >= 11 is 0. The van der Waals surface area contributed by atoms with Gasteiger partial charge in [0.25, 0.3) is 0 Å². The number of hydrogen-bond acceptors (Lipinski definition) is 4. The molecule has 2 N–H and O–H groups in total. The Morgan fingerprint density at radius 1 is 1.06 bits per heavy atom. The first kappa shape index (κ1) is 23.0. The van der Waals surface area contributed by atoms with Crippen molar-refractivity contribution in [1.82, 2.24) is 9.71 Å². The molecular formula is C21H23F3N2O4S. The average molecular weight is 456 g/mol. The number of alkyl halides is 3. The standard InChI is InChI=1S/C21H23F3N2O4S/c1-12-9-13(2)20(11-19(12)29-4)31(27,28)25-8-7-16-14(3)26-18-6-5-15(10-17(16)18)30-21(22,23)24/h5-6,9-11,25-26H,7-8H2,1-4H3. The van der Waals surface area contributed by atoms with Crippen LogP contribution in [0.15, 0.2) is 35.2 Å². The fourth-order valence-corrected chi connectivity index (χ4v) is 4.86. The van der Waals surface area contributed by atoms with Gasteiger partial charge in [0, 0.05) is 29.2 Å². The molecule has 0 aliphatic rings. The van der Waals surface area contributed by atoms with Crippen LogP contribution in [0.5, 0.6) is 11.5 Å². The van der Waals surface area contributed by atoms with Crippen molar-refractivity contribution in [2.24, 2.45) is 0 Å². The molecule has 0 spiro atoms. The lowest BCUT2D eigenvalue weighted by atomic mass is 10.1. The molecule has 0 amide bonds. The van der Waals surface area contributed by atoms with Gasteiger partial charge in [0.15, 0.2) is 0 Å². The second-order valence-electron chi connectivity index (χ2n) is 7.22. The SMILES string of the molecule is COc1cc(S(=O)(=O)NCCc2c(C)[nH]c3ccc(OC(F)(F)F)cc23)c(C)cc1C. The molecule has 0 unspecified atom stereocenters. The normalized spacial score (nSPS) is 12.4. The van der Waals surface area contributed by atoms with Crippen LogP contribution in [0.3, 0.4) is 0 Å². The third-order valence-corrected chi connectivity index (χ3v) is 6.58. The molecule has 0 bridgehead atoms. The minimum atomic E-state index is -4.79. The number of rotatable bonds is 7. The molecule has 3 rings (SSSR count). The quantitative estimate of drug-likeness (QED) is 0.548. The third kappa shape index (κ3) is 5.13. The van der Waals surface area contributed by atoms with E-state index in [9.17, 15) is 21.6 Å². The maximum Gasteiger partial charge on any atom is 0.573 e. The lowest BCUT2D eigenvalue weighted by molar-refractivity contribution is -0.274. The van der Waals surface area contributed by atoms with Crippen LogP contribution < -0.4 is 14.2 Å². The van der Waals surface area contributed by atoms with Crippen LogP contribution in [-0.2, 0) is 16.4 Å². The van der Waals surface area contributed by atoms with E-state index in [1.807, 2.05) is 6.92 Å². The number of aromatic nitrogens is 1. The Morgan fingerprint density at radius 3 is 2.42 bits per heavy atom. The van der Waals surface area contributed by atoms with E-state index in [1.165, 1.54) is 31.4 Å². The molecule has 6 nitrogen and oxygen atoms in total. The summed E-state index contributed by atoms with van der Waals surface area (Å²) in [5.41, 5.74) is 3.51. The van der Waals surface area contributed by atoms with Crippen molar-refractivity contribution in [3.8, 4) is 11.5 Å². The zero-order chi connectivity index (χ0) is 23.0. The highest BCUT2D eigenvalue weighted by molar-refractivity contribution is 7.89. The van der Waals surface area contributed by atoms with E-state index < -0.39 is 16.4 Å². The van der Waals surface area contributed by atoms with Crippen LogP contribution in [0.25, 0.3) is 10.9 Å². The van der Waals surface area contributed by atoms with Gasteiger partial charge < -0.3 is 14.5 Å². The van der Waals surface area contributed by atoms with Gasteiger partial charge in [-0.1, -0.05) is 6.07 Å². The number of fused-ring (bicyclic) bond motifs is 1. The smallest absolute Gasteiger partial charge is 0.496 e. The van der Waals surface area contributed by atoms with Crippen LogP contribution in [0.1, 0.15) is 22.4 Å². The zero-order valence-electron chi connectivity index (χ0n) is 17.5. The largest absolute Gasteiger partial charge is 0.573 e. The highest BCUT2D eigenvalue weighted by atomic mass is 32.2. The van der Waals surface area contributed by atoms with E-state index in [2.05, 4.69) is 14.4 Å². The van der Waals surface area contributed by atoms with Gasteiger partial charge >= 0.3 is 6.36 Å². The minimum absolute atomic E-state index is 0.0656. The minimum Gasteiger partial charge on any atom is -0.496 e. The van der Waals surface area contributed by atoms with Crippen LogP contribution in [0.4, 0.5) is 13.2 Å². The highest BCUT2D eigenvalue weighted by Gasteiger charge is 2.31. The molecule has 0 radical (unpaired) electrons. The van der Waals surface area contributed by atoms with Gasteiger partial charge in [-0.25, -0.2) is 13.1 Å². The number of methoxy groups -OCH3 is 1. The van der Waals surface area contributed by atoms with Crippen molar-refractivity contribution in [3.63, 3.8) is 0 Å². The van der Waals surface area contributed by atoms with Crippen LogP contribution in [-0.4, -0.2) is 33.4 Å². The maximum atomic E-state index is 12.8. The molecule has 0 saturated carbocycles. The molecule has 3 aromatic rings. The first-order valence-electron chi connectivity index (χ1n) is 9.43. The lowest BCUT2D eigenvalue weighted by Crippen LogP contribution is -2.26. The number of ether oxygens (including phenoxy) is 2. The summed E-state index contributed by atoms with van der Waals surface area (Å²) in [5.74, 6) is 0.138. The Labute approximate surface area is 178 Å².